The van der Waals surface area contributed by atoms with Gasteiger partial charge in [0.25, 0.3) is 0 Å². The van der Waals surface area contributed by atoms with Crippen molar-refractivity contribution in [2.75, 3.05) is 0 Å². The predicted octanol–water partition coefficient (Wildman–Crippen LogP) is -2.30. The van der Waals surface area contributed by atoms with Gasteiger partial charge in [-0.25, -0.2) is 9.59 Å². The molecule has 1 N–H and O–H groups in total. The second-order valence-electron chi connectivity index (χ2n) is 2.44. The fourth-order valence-electron chi connectivity index (χ4n) is 0.337. The van der Waals surface area contributed by atoms with E-state index in [1.165, 1.54) is 13.8 Å². The minimum Gasteiger partial charge on any atom is -1.00 e. The summed E-state index contributed by atoms with van der Waals surface area (Å²) in [6, 6.07) is 0. The first kappa shape index (κ1) is 13.8. The fraction of sp³-hybridized carbons (Fsp3) is 0.429. The third-order valence-corrected chi connectivity index (χ3v) is 1.04. The first-order valence-corrected chi connectivity index (χ1v) is 2.99. The zero-order chi connectivity index (χ0) is 9.07. The van der Waals surface area contributed by atoms with E-state index in [2.05, 4.69) is 11.3 Å². The molecule has 0 unspecified atom stereocenters. The Morgan fingerprint density at radius 2 is 2.00 bits per heavy atom. The average Bonchev–Trinajstić information content (AvgIpc) is 1.86. The molecule has 0 amide bonds. The minimum atomic E-state index is -1.48. The Kier molecular flexibility index (Phi) is 5.79. The molecule has 64 valence electrons. The molecule has 0 atom stereocenters. The van der Waals surface area contributed by atoms with Crippen molar-refractivity contribution in [3.8, 4) is 0 Å². The molecule has 12 heavy (non-hydrogen) atoms. The van der Waals surface area contributed by atoms with Crippen LogP contribution in [-0.4, -0.2) is 22.6 Å². The molecular formula is C7H11LiO4. The van der Waals surface area contributed by atoms with Gasteiger partial charge in [0.15, 0.2) is 0 Å². The number of carboxylic acid groups (broad SMARTS) is 1. The van der Waals surface area contributed by atoms with Gasteiger partial charge in [0, 0.05) is 6.08 Å². The smallest absolute Gasteiger partial charge is 1.00 e. The Morgan fingerprint density at radius 1 is 1.58 bits per heavy atom. The zero-order valence-corrected chi connectivity index (χ0v) is 7.46. The number of aliphatic carboxylic acids is 1. The van der Waals surface area contributed by atoms with Crippen LogP contribution in [0, 0.1) is 0 Å². The predicted molar refractivity (Wildman–Crippen MR) is 39.1 cm³/mol. The van der Waals surface area contributed by atoms with E-state index in [4.69, 9.17) is 5.11 Å². The topological polar surface area (TPSA) is 63.6 Å². The van der Waals surface area contributed by atoms with E-state index in [9.17, 15) is 9.59 Å². The number of carbonyl (C=O) groups excluding carboxylic acids is 1. The molecule has 0 aliphatic carbocycles. The molecule has 0 bridgehead atoms. The number of carboxylic acids is 1. The third kappa shape index (κ3) is 4.22. The summed E-state index contributed by atoms with van der Waals surface area (Å²) < 4.78 is 4.49. The van der Waals surface area contributed by atoms with Crippen molar-refractivity contribution >= 4 is 11.9 Å². The summed E-state index contributed by atoms with van der Waals surface area (Å²) in [5, 5.41) is 8.47. The third-order valence-electron chi connectivity index (χ3n) is 1.04. The molecule has 0 aromatic carbocycles. The van der Waals surface area contributed by atoms with Crippen LogP contribution < -0.4 is 18.9 Å². The summed E-state index contributed by atoms with van der Waals surface area (Å²) >= 11 is 0. The number of carbonyl (C=O) groups is 2. The Bertz CT molecular complexity index is 203. The average molecular weight is 166 g/mol. The van der Waals surface area contributed by atoms with Crippen LogP contribution in [-0.2, 0) is 14.3 Å². The van der Waals surface area contributed by atoms with Crippen LogP contribution in [0.1, 0.15) is 15.3 Å². The van der Waals surface area contributed by atoms with E-state index in [0.717, 1.165) is 6.08 Å². The molecule has 0 spiro atoms. The Balaban J connectivity index is -0.000000500. The second kappa shape index (κ2) is 5.02. The van der Waals surface area contributed by atoms with Gasteiger partial charge in [0.1, 0.15) is 0 Å². The first-order chi connectivity index (χ1) is 4.90. The van der Waals surface area contributed by atoms with E-state index in [0.29, 0.717) is 0 Å². The molecule has 0 saturated heterocycles. The molecule has 0 heterocycles. The van der Waals surface area contributed by atoms with Gasteiger partial charge in [-0.1, -0.05) is 6.58 Å². The molecule has 0 aromatic heterocycles. The van der Waals surface area contributed by atoms with Crippen molar-refractivity contribution in [2.24, 2.45) is 0 Å². The van der Waals surface area contributed by atoms with Crippen LogP contribution >= 0.6 is 0 Å². The van der Waals surface area contributed by atoms with Crippen molar-refractivity contribution in [1.82, 2.24) is 0 Å². The maximum atomic E-state index is 10.5. The van der Waals surface area contributed by atoms with Gasteiger partial charge in [0.05, 0.1) is 0 Å². The molecule has 0 aliphatic rings. The maximum Gasteiger partial charge on any atom is 1.00 e. The summed E-state index contributed by atoms with van der Waals surface area (Å²) in [6.07, 6.45) is 0.921. The number of esters is 1. The number of rotatable bonds is 3. The first-order valence-electron chi connectivity index (χ1n) is 2.99. The monoisotopic (exact) mass is 166 g/mol. The number of hydrogen-bond acceptors (Lipinski definition) is 3. The Morgan fingerprint density at radius 3 is 2.25 bits per heavy atom. The van der Waals surface area contributed by atoms with E-state index < -0.39 is 17.5 Å². The van der Waals surface area contributed by atoms with Crippen LogP contribution in [0.15, 0.2) is 12.7 Å². The van der Waals surface area contributed by atoms with Gasteiger partial charge in [-0.05, 0) is 13.8 Å². The van der Waals surface area contributed by atoms with Crippen LogP contribution in [0.25, 0.3) is 0 Å². The van der Waals surface area contributed by atoms with Gasteiger partial charge in [-0.3, -0.25) is 0 Å². The Hall–Kier alpha value is -0.723. The van der Waals surface area contributed by atoms with Crippen molar-refractivity contribution in [3.63, 3.8) is 0 Å². The van der Waals surface area contributed by atoms with Gasteiger partial charge < -0.3 is 11.3 Å². The van der Waals surface area contributed by atoms with E-state index in [1.54, 1.807) is 0 Å². The van der Waals surface area contributed by atoms with E-state index in [1.807, 2.05) is 0 Å². The summed E-state index contributed by atoms with van der Waals surface area (Å²) in [5.41, 5.74) is -1.48. The minimum absolute atomic E-state index is 0. The zero-order valence-electron chi connectivity index (χ0n) is 8.46. The van der Waals surface area contributed by atoms with Crippen molar-refractivity contribution < 1.29 is 39.7 Å². The molecular weight excluding hydrogens is 155 g/mol. The standard InChI is InChI=1S/C7H10O4.Li.H/c1-4-5(8)11-7(2,3)6(9)10;;/h4H,1H2,2-3H3,(H,9,10);;/q;+1;-1. The normalized spacial score (nSPS) is 9.50. The van der Waals surface area contributed by atoms with Gasteiger partial charge in [-0.2, -0.15) is 0 Å². The molecule has 4 nitrogen and oxygen atoms in total. The van der Waals surface area contributed by atoms with E-state index in [-0.39, 0.29) is 20.3 Å². The van der Waals surface area contributed by atoms with Gasteiger partial charge in [-0.15, -0.1) is 0 Å². The molecule has 0 saturated carbocycles. The van der Waals surface area contributed by atoms with Crippen molar-refractivity contribution in [2.45, 2.75) is 19.4 Å². The molecule has 0 aromatic rings. The molecule has 5 heteroatoms. The molecule has 0 radical (unpaired) electrons. The van der Waals surface area contributed by atoms with Crippen LogP contribution in [0.2, 0.25) is 0 Å². The fourth-order valence-corrected chi connectivity index (χ4v) is 0.337. The maximum absolute atomic E-state index is 10.5. The van der Waals surface area contributed by atoms with Crippen LogP contribution in [0.5, 0.6) is 0 Å². The molecule has 0 aliphatic heterocycles. The quantitative estimate of drug-likeness (QED) is 0.291. The van der Waals surface area contributed by atoms with Crippen LogP contribution in [0.3, 0.4) is 0 Å². The number of hydrogen-bond donors (Lipinski definition) is 1. The van der Waals surface area contributed by atoms with Gasteiger partial charge >= 0.3 is 30.8 Å². The summed E-state index contributed by atoms with van der Waals surface area (Å²) in [5.74, 6) is -1.93. The summed E-state index contributed by atoms with van der Waals surface area (Å²) in [7, 11) is 0. The van der Waals surface area contributed by atoms with Crippen molar-refractivity contribution in [1.29, 1.82) is 0 Å². The van der Waals surface area contributed by atoms with E-state index >= 15 is 0 Å². The summed E-state index contributed by atoms with van der Waals surface area (Å²) in [6.45, 7) is 5.71. The molecule has 0 fully saturated rings. The van der Waals surface area contributed by atoms with Crippen LogP contribution in [0.4, 0.5) is 0 Å². The largest absolute Gasteiger partial charge is 1.00 e. The second-order valence-corrected chi connectivity index (χ2v) is 2.44. The number of ether oxygens (including phenoxy) is 1. The van der Waals surface area contributed by atoms with Gasteiger partial charge in [0.2, 0.25) is 5.60 Å². The summed E-state index contributed by atoms with van der Waals surface area (Å²) in [4.78, 5) is 20.9. The molecule has 0 rings (SSSR count). The SMILES string of the molecule is C=CC(=O)OC(C)(C)C(=O)O.[H-].[Li+]. The van der Waals surface area contributed by atoms with Crippen molar-refractivity contribution in [3.05, 3.63) is 12.7 Å². The Labute approximate surface area is 84.3 Å².